The highest BCUT2D eigenvalue weighted by atomic mass is 14.3. The first kappa shape index (κ1) is 25.0. The van der Waals surface area contributed by atoms with Crippen molar-refractivity contribution in [1.29, 1.82) is 0 Å². The molecule has 0 rings (SSSR count). The van der Waals surface area contributed by atoms with Crippen molar-refractivity contribution in [2.75, 3.05) is 0 Å². The van der Waals surface area contributed by atoms with Gasteiger partial charge in [-0.2, -0.15) is 0 Å². The Morgan fingerprint density at radius 3 is 1.76 bits per heavy atom. The van der Waals surface area contributed by atoms with Crippen LogP contribution in [0.3, 0.4) is 0 Å². The zero-order valence-corrected chi connectivity index (χ0v) is 19.1. The van der Waals surface area contributed by atoms with Crippen molar-refractivity contribution < 1.29 is 0 Å². The first-order valence-electron chi connectivity index (χ1n) is 11.9. The smallest absolute Gasteiger partial charge is 0.0363 e. The average molecular weight is 353 g/mol. The fourth-order valence-corrected chi connectivity index (χ4v) is 4.39. The summed E-state index contributed by atoms with van der Waals surface area (Å²) in [6.07, 6.45) is 18.6. The number of hydrogen-bond acceptors (Lipinski definition) is 0. The molecular formula is C25H52. The largest absolute Gasteiger partial charge is 0.0654 e. The van der Waals surface area contributed by atoms with Crippen LogP contribution in [-0.4, -0.2) is 0 Å². The Hall–Kier alpha value is 0. The Bertz CT molecular complexity index is 267. The fraction of sp³-hybridized carbons (Fsp3) is 1.00. The van der Waals surface area contributed by atoms with Gasteiger partial charge in [0.1, 0.15) is 0 Å². The summed E-state index contributed by atoms with van der Waals surface area (Å²) in [6, 6.07) is 0. The lowest BCUT2D eigenvalue weighted by molar-refractivity contribution is 0.203. The van der Waals surface area contributed by atoms with Crippen LogP contribution < -0.4 is 0 Å². The van der Waals surface area contributed by atoms with Crippen LogP contribution in [0, 0.1) is 29.6 Å². The van der Waals surface area contributed by atoms with E-state index >= 15 is 0 Å². The van der Waals surface area contributed by atoms with E-state index in [0.29, 0.717) is 0 Å². The second kappa shape index (κ2) is 16.2. The third-order valence-electron chi connectivity index (χ3n) is 6.59. The van der Waals surface area contributed by atoms with E-state index in [1.165, 1.54) is 83.5 Å². The zero-order valence-electron chi connectivity index (χ0n) is 19.1. The molecule has 25 heavy (non-hydrogen) atoms. The van der Waals surface area contributed by atoms with Crippen molar-refractivity contribution in [3.63, 3.8) is 0 Å². The molecule has 0 nitrogen and oxygen atoms in total. The van der Waals surface area contributed by atoms with Gasteiger partial charge in [0.2, 0.25) is 0 Å². The molecule has 0 aliphatic heterocycles. The van der Waals surface area contributed by atoms with Crippen molar-refractivity contribution in [3.8, 4) is 0 Å². The summed E-state index contributed by atoms with van der Waals surface area (Å²) in [5.74, 6) is 4.57. The summed E-state index contributed by atoms with van der Waals surface area (Å²) in [6.45, 7) is 17.0. The maximum atomic E-state index is 2.55. The van der Waals surface area contributed by atoms with E-state index in [2.05, 4.69) is 48.5 Å². The number of unbranched alkanes of at least 4 members (excludes halogenated alkanes) is 5. The molecule has 0 N–H and O–H groups in total. The van der Waals surface area contributed by atoms with E-state index in [-0.39, 0.29) is 0 Å². The molecule has 0 bridgehead atoms. The van der Waals surface area contributed by atoms with Gasteiger partial charge in [0.05, 0.1) is 0 Å². The molecule has 4 atom stereocenters. The minimum Gasteiger partial charge on any atom is -0.0654 e. The summed E-state index contributed by atoms with van der Waals surface area (Å²) >= 11 is 0. The van der Waals surface area contributed by atoms with Crippen LogP contribution in [0.15, 0.2) is 0 Å². The van der Waals surface area contributed by atoms with E-state index < -0.39 is 0 Å². The molecule has 0 amide bonds. The Morgan fingerprint density at radius 2 is 1.16 bits per heavy atom. The highest BCUT2D eigenvalue weighted by Crippen LogP contribution is 2.33. The molecule has 0 saturated carbocycles. The van der Waals surface area contributed by atoms with E-state index in [1.807, 2.05) is 0 Å². The standard InChI is InChI=1S/C25H52/c1-8-10-11-12-13-14-18-24(7)25(23(6)9-2)20-19-22(5)17-15-16-21(3)4/h21-25H,8-20H2,1-7H3. The van der Waals surface area contributed by atoms with Crippen molar-refractivity contribution in [2.24, 2.45) is 29.6 Å². The Morgan fingerprint density at radius 1 is 0.520 bits per heavy atom. The van der Waals surface area contributed by atoms with Gasteiger partial charge in [0.25, 0.3) is 0 Å². The van der Waals surface area contributed by atoms with Gasteiger partial charge in [0.15, 0.2) is 0 Å². The molecule has 0 aromatic carbocycles. The predicted molar refractivity (Wildman–Crippen MR) is 117 cm³/mol. The maximum Gasteiger partial charge on any atom is -0.0363 e. The van der Waals surface area contributed by atoms with Gasteiger partial charge in [-0.3, -0.25) is 0 Å². The Labute approximate surface area is 161 Å². The van der Waals surface area contributed by atoms with Gasteiger partial charge in [-0.25, -0.2) is 0 Å². The molecule has 0 spiro atoms. The fourth-order valence-electron chi connectivity index (χ4n) is 4.39. The van der Waals surface area contributed by atoms with Gasteiger partial charge >= 0.3 is 0 Å². The summed E-state index contributed by atoms with van der Waals surface area (Å²) < 4.78 is 0. The number of hydrogen-bond donors (Lipinski definition) is 0. The molecule has 0 aliphatic rings. The minimum atomic E-state index is 0.873. The van der Waals surface area contributed by atoms with Crippen molar-refractivity contribution in [1.82, 2.24) is 0 Å². The SMILES string of the molecule is CCCCCCCCC(C)C(CCC(C)CCCC(C)C)C(C)CC. The second-order valence-electron chi connectivity index (χ2n) is 9.59. The third-order valence-corrected chi connectivity index (χ3v) is 6.59. The molecule has 152 valence electrons. The van der Waals surface area contributed by atoms with Crippen molar-refractivity contribution >= 4 is 0 Å². The molecule has 0 fully saturated rings. The quantitative estimate of drug-likeness (QED) is 0.229. The van der Waals surface area contributed by atoms with Crippen LogP contribution >= 0.6 is 0 Å². The Balaban J connectivity index is 4.12. The highest BCUT2D eigenvalue weighted by Gasteiger charge is 2.22. The molecule has 4 unspecified atom stereocenters. The summed E-state index contributed by atoms with van der Waals surface area (Å²) in [7, 11) is 0. The number of rotatable bonds is 17. The summed E-state index contributed by atoms with van der Waals surface area (Å²) in [5, 5.41) is 0. The van der Waals surface area contributed by atoms with Gasteiger partial charge in [-0.1, -0.05) is 126 Å². The van der Waals surface area contributed by atoms with Gasteiger partial charge < -0.3 is 0 Å². The van der Waals surface area contributed by atoms with Crippen LogP contribution in [0.5, 0.6) is 0 Å². The lowest BCUT2D eigenvalue weighted by atomic mass is 9.75. The Kier molecular flexibility index (Phi) is 16.2. The molecule has 0 aromatic heterocycles. The minimum absolute atomic E-state index is 0.873. The topological polar surface area (TPSA) is 0 Å². The average Bonchev–Trinajstić information content (AvgIpc) is 2.57. The van der Waals surface area contributed by atoms with E-state index in [0.717, 1.165) is 29.6 Å². The third kappa shape index (κ3) is 13.8. The van der Waals surface area contributed by atoms with Gasteiger partial charge in [-0.05, 0) is 36.0 Å². The van der Waals surface area contributed by atoms with Crippen LogP contribution in [-0.2, 0) is 0 Å². The van der Waals surface area contributed by atoms with Crippen molar-refractivity contribution in [2.45, 2.75) is 132 Å². The monoisotopic (exact) mass is 352 g/mol. The summed E-state index contributed by atoms with van der Waals surface area (Å²) in [4.78, 5) is 0. The molecule has 0 saturated heterocycles. The molecule has 0 radical (unpaired) electrons. The predicted octanol–water partition coefficient (Wildman–Crippen LogP) is 9.28. The van der Waals surface area contributed by atoms with Crippen LogP contribution in [0.25, 0.3) is 0 Å². The lowest BCUT2D eigenvalue weighted by Crippen LogP contribution is -2.20. The molecule has 0 aromatic rings. The highest BCUT2D eigenvalue weighted by molar-refractivity contribution is 4.73. The van der Waals surface area contributed by atoms with Gasteiger partial charge in [-0.15, -0.1) is 0 Å². The molecule has 0 aliphatic carbocycles. The first-order valence-corrected chi connectivity index (χ1v) is 11.9. The zero-order chi connectivity index (χ0) is 19.1. The second-order valence-corrected chi connectivity index (χ2v) is 9.59. The first-order chi connectivity index (χ1) is 11.9. The van der Waals surface area contributed by atoms with Crippen LogP contribution in [0.4, 0.5) is 0 Å². The van der Waals surface area contributed by atoms with Crippen LogP contribution in [0.2, 0.25) is 0 Å². The van der Waals surface area contributed by atoms with E-state index in [9.17, 15) is 0 Å². The van der Waals surface area contributed by atoms with E-state index in [4.69, 9.17) is 0 Å². The van der Waals surface area contributed by atoms with E-state index in [1.54, 1.807) is 0 Å². The molecule has 0 heteroatoms. The normalized spacial score (nSPS) is 16.8. The lowest BCUT2D eigenvalue weighted by Gasteiger charge is -2.30. The maximum absolute atomic E-state index is 2.55. The summed E-state index contributed by atoms with van der Waals surface area (Å²) in [5.41, 5.74) is 0. The molecular weight excluding hydrogens is 300 g/mol. The van der Waals surface area contributed by atoms with Crippen LogP contribution in [0.1, 0.15) is 132 Å². The van der Waals surface area contributed by atoms with Crippen molar-refractivity contribution in [3.05, 3.63) is 0 Å². The molecule has 0 heterocycles. The van der Waals surface area contributed by atoms with Gasteiger partial charge in [0, 0.05) is 0 Å².